The summed E-state index contributed by atoms with van der Waals surface area (Å²) in [6.45, 7) is 4.46. The summed E-state index contributed by atoms with van der Waals surface area (Å²) in [5.41, 5.74) is 0. The number of hydrogen-bond acceptors (Lipinski definition) is 4. The van der Waals surface area contributed by atoms with Gasteiger partial charge in [0.15, 0.2) is 0 Å². The summed E-state index contributed by atoms with van der Waals surface area (Å²) in [6.07, 6.45) is 26.3. The quantitative estimate of drug-likeness (QED) is 0.115. The Morgan fingerprint density at radius 1 is 0.500 bits per heavy atom. The Hall–Kier alpha value is -1.94. The van der Waals surface area contributed by atoms with Crippen LogP contribution in [-0.4, -0.2) is 11.9 Å². The van der Waals surface area contributed by atoms with Crippen LogP contribution in [0.2, 0.25) is 0 Å². The number of carbonyl (C=O) groups is 2. The summed E-state index contributed by atoms with van der Waals surface area (Å²) < 4.78 is 9.66. The lowest BCUT2D eigenvalue weighted by atomic mass is 10.1. The second kappa shape index (κ2) is 25.3. The third-order valence-corrected chi connectivity index (χ3v) is 5.32. The molecule has 0 fully saturated rings. The maximum atomic E-state index is 11.6. The smallest absolute Gasteiger partial charge is 0.320 e. The molecule has 0 aromatic heterocycles. The molecular weight excluding hydrogens is 400 g/mol. The SMILES string of the molecule is CCCCCCCCCCC#COC(=O)CCC(=O)OC#CCCCCCCCCCC. The van der Waals surface area contributed by atoms with E-state index in [-0.39, 0.29) is 12.8 Å². The molecule has 4 heteroatoms. The molecule has 0 spiro atoms. The molecule has 182 valence electrons. The Bertz CT molecular complexity index is 522. The van der Waals surface area contributed by atoms with Gasteiger partial charge in [0, 0.05) is 12.8 Å². The van der Waals surface area contributed by atoms with Crippen LogP contribution >= 0.6 is 0 Å². The number of carbonyl (C=O) groups excluding carboxylic acids is 2. The molecule has 0 aromatic rings. The molecule has 0 saturated heterocycles. The third kappa shape index (κ3) is 24.3. The predicted octanol–water partition coefficient (Wildman–Crippen LogP) is 7.84. The first-order chi connectivity index (χ1) is 15.7. The number of unbranched alkanes of at least 4 members (excludes halogenated alkanes) is 16. The van der Waals surface area contributed by atoms with Crippen molar-refractivity contribution in [3.8, 4) is 24.1 Å². The van der Waals surface area contributed by atoms with Crippen LogP contribution in [0.3, 0.4) is 0 Å². The first-order valence-electron chi connectivity index (χ1n) is 13.1. The van der Waals surface area contributed by atoms with E-state index in [0.717, 1.165) is 25.7 Å². The average molecular weight is 447 g/mol. The van der Waals surface area contributed by atoms with E-state index >= 15 is 0 Å². The fraction of sp³-hybridized carbons (Fsp3) is 0.786. The van der Waals surface area contributed by atoms with E-state index in [1.54, 1.807) is 0 Å². The molecule has 0 aromatic carbocycles. The van der Waals surface area contributed by atoms with Gasteiger partial charge in [0.05, 0.1) is 12.8 Å². The summed E-state index contributed by atoms with van der Waals surface area (Å²) in [6, 6.07) is 0. The van der Waals surface area contributed by atoms with Gasteiger partial charge in [-0.2, -0.15) is 0 Å². The largest absolute Gasteiger partial charge is 0.372 e. The van der Waals surface area contributed by atoms with Crippen molar-refractivity contribution in [1.29, 1.82) is 0 Å². The van der Waals surface area contributed by atoms with E-state index in [1.807, 2.05) is 0 Å². The van der Waals surface area contributed by atoms with Crippen LogP contribution in [0.15, 0.2) is 0 Å². The molecule has 0 heterocycles. The standard InChI is InChI=1S/C28H46O4/c1-3-5-7-9-11-13-15-17-19-21-25-31-27(29)23-24-28(30)32-26-22-20-18-16-14-12-10-8-6-4-2/h3-20,23-24H2,1-2H3. The van der Waals surface area contributed by atoms with Crippen molar-refractivity contribution in [2.75, 3.05) is 0 Å². The van der Waals surface area contributed by atoms with Gasteiger partial charge in [-0.1, -0.05) is 116 Å². The second-order valence-corrected chi connectivity index (χ2v) is 8.46. The summed E-state index contributed by atoms with van der Waals surface area (Å²) >= 11 is 0. The van der Waals surface area contributed by atoms with Crippen LogP contribution in [0.5, 0.6) is 0 Å². The van der Waals surface area contributed by atoms with Gasteiger partial charge < -0.3 is 9.47 Å². The van der Waals surface area contributed by atoms with Crippen molar-refractivity contribution >= 4 is 11.9 Å². The van der Waals surface area contributed by atoms with E-state index in [4.69, 9.17) is 9.47 Å². The molecule has 0 N–H and O–H groups in total. The number of esters is 2. The average Bonchev–Trinajstić information content (AvgIpc) is 2.79. The summed E-state index contributed by atoms with van der Waals surface area (Å²) in [4.78, 5) is 23.2. The Morgan fingerprint density at radius 2 is 0.812 bits per heavy atom. The topological polar surface area (TPSA) is 52.6 Å². The van der Waals surface area contributed by atoms with Crippen LogP contribution in [0, 0.1) is 24.1 Å². The molecule has 0 aliphatic carbocycles. The van der Waals surface area contributed by atoms with E-state index in [0.29, 0.717) is 0 Å². The molecule has 0 radical (unpaired) electrons. The Balaban J connectivity index is 3.53. The minimum Gasteiger partial charge on any atom is -0.372 e. The predicted molar refractivity (Wildman–Crippen MR) is 131 cm³/mol. The highest BCUT2D eigenvalue weighted by Crippen LogP contribution is 2.10. The van der Waals surface area contributed by atoms with E-state index in [9.17, 15) is 9.59 Å². The maximum absolute atomic E-state index is 11.6. The van der Waals surface area contributed by atoms with E-state index in [1.165, 1.54) is 89.9 Å². The van der Waals surface area contributed by atoms with Crippen molar-refractivity contribution in [3.63, 3.8) is 0 Å². The fourth-order valence-electron chi connectivity index (χ4n) is 3.29. The number of ether oxygens (including phenoxy) is 2. The molecule has 0 bridgehead atoms. The number of rotatable bonds is 19. The van der Waals surface area contributed by atoms with Gasteiger partial charge in [-0.25, -0.2) is 0 Å². The molecule has 0 saturated carbocycles. The molecule has 0 atom stereocenters. The van der Waals surface area contributed by atoms with Crippen LogP contribution in [-0.2, 0) is 19.1 Å². The lowest BCUT2D eigenvalue weighted by Crippen LogP contribution is -2.06. The van der Waals surface area contributed by atoms with Crippen molar-refractivity contribution in [1.82, 2.24) is 0 Å². The van der Waals surface area contributed by atoms with Crippen LogP contribution in [0.1, 0.15) is 142 Å². The van der Waals surface area contributed by atoms with Gasteiger partial charge in [-0.15, -0.1) is 0 Å². The molecule has 0 amide bonds. The molecule has 0 unspecified atom stereocenters. The van der Waals surface area contributed by atoms with Crippen molar-refractivity contribution < 1.29 is 19.1 Å². The Kier molecular flexibility index (Phi) is 23.8. The van der Waals surface area contributed by atoms with Gasteiger partial charge in [-0.3, -0.25) is 9.59 Å². The van der Waals surface area contributed by atoms with E-state index in [2.05, 4.69) is 37.9 Å². The van der Waals surface area contributed by atoms with Crippen molar-refractivity contribution in [2.45, 2.75) is 142 Å². The fourth-order valence-corrected chi connectivity index (χ4v) is 3.29. The lowest BCUT2D eigenvalue weighted by molar-refractivity contribution is -0.143. The van der Waals surface area contributed by atoms with Crippen LogP contribution in [0.25, 0.3) is 0 Å². The molecule has 0 aliphatic heterocycles. The van der Waals surface area contributed by atoms with Crippen molar-refractivity contribution in [3.05, 3.63) is 0 Å². The second-order valence-electron chi connectivity index (χ2n) is 8.46. The zero-order chi connectivity index (χ0) is 23.5. The third-order valence-electron chi connectivity index (χ3n) is 5.32. The maximum Gasteiger partial charge on any atom is 0.320 e. The highest BCUT2D eigenvalue weighted by Gasteiger charge is 2.07. The minimum atomic E-state index is -0.503. The Labute approximate surface area is 197 Å². The van der Waals surface area contributed by atoms with Gasteiger partial charge in [0.2, 0.25) is 0 Å². The zero-order valence-electron chi connectivity index (χ0n) is 20.8. The summed E-state index contributed by atoms with van der Waals surface area (Å²) in [7, 11) is 0. The van der Waals surface area contributed by atoms with Crippen LogP contribution < -0.4 is 0 Å². The van der Waals surface area contributed by atoms with Gasteiger partial charge in [0.1, 0.15) is 12.2 Å². The normalized spacial score (nSPS) is 9.94. The first-order valence-corrected chi connectivity index (χ1v) is 13.1. The highest BCUT2D eigenvalue weighted by atomic mass is 16.5. The highest BCUT2D eigenvalue weighted by molar-refractivity contribution is 5.78. The summed E-state index contributed by atoms with van der Waals surface area (Å²) in [5.74, 6) is 4.71. The minimum absolute atomic E-state index is 0.0367. The Morgan fingerprint density at radius 3 is 1.16 bits per heavy atom. The zero-order valence-corrected chi connectivity index (χ0v) is 20.8. The van der Waals surface area contributed by atoms with E-state index < -0.39 is 11.9 Å². The summed E-state index contributed by atoms with van der Waals surface area (Å²) in [5, 5.41) is 0. The lowest BCUT2D eigenvalue weighted by Gasteiger charge is -1.99. The molecule has 0 aliphatic rings. The molecule has 32 heavy (non-hydrogen) atoms. The van der Waals surface area contributed by atoms with Gasteiger partial charge in [0.25, 0.3) is 0 Å². The monoisotopic (exact) mass is 446 g/mol. The number of hydrogen-bond donors (Lipinski definition) is 0. The van der Waals surface area contributed by atoms with Crippen molar-refractivity contribution in [2.24, 2.45) is 0 Å². The van der Waals surface area contributed by atoms with Gasteiger partial charge >= 0.3 is 11.9 Å². The molecule has 0 rings (SSSR count). The molecule has 4 nitrogen and oxygen atoms in total. The van der Waals surface area contributed by atoms with Gasteiger partial charge in [-0.05, 0) is 12.8 Å². The van der Waals surface area contributed by atoms with Crippen LogP contribution in [0.4, 0.5) is 0 Å². The first kappa shape index (κ1) is 30.1. The molecular formula is C28H46O4.